The number of benzene rings is 2. The Labute approximate surface area is 159 Å². The first-order chi connectivity index (χ1) is 13.6. The molecule has 0 fully saturated rings. The zero-order valence-corrected chi connectivity index (χ0v) is 14.6. The lowest BCUT2D eigenvalue weighted by Crippen LogP contribution is -2.08. The maximum atomic E-state index is 12.6. The van der Waals surface area contributed by atoms with Crippen LogP contribution in [0.4, 0.5) is 11.4 Å². The number of nitro groups is 1. The van der Waals surface area contributed by atoms with E-state index >= 15 is 0 Å². The highest BCUT2D eigenvalue weighted by atomic mass is 16.6. The van der Waals surface area contributed by atoms with Crippen molar-refractivity contribution in [2.75, 3.05) is 5.32 Å². The maximum absolute atomic E-state index is 12.6. The summed E-state index contributed by atoms with van der Waals surface area (Å²) in [4.78, 5) is 23.6. The van der Waals surface area contributed by atoms with Gasteiger partial charge in [-0.1, -0.05) is 36.4 Å². The summed E-state index contributed by atoms with van der Waals surface area (Å²) < 4.78 is 1.80. The summed E-state index contributed by atoms with van der Waals surface area (Å²) in [7, 11) is 0. The van der Waals surface area contributed by atoms with Gasteiger partial charge in [-0.05, 0) is 24.3 Å². The Bertz CT molecular complexity index is 1170. The Morgan fingerprint density at radius 1 is 1.00 bits per heavy atom. The van der Waals surface area contributed by atoms with Crippen LogP contribution in [0.1, 0.15) is 21.7 Å². The van der Waals surface area contributed by atoms with Crippen LogP contribution < -0.4 is 5.32 Å². The highest BCUT2D eigenvalue weighted by Crippen LogP contribution is 2.27. The molecule has 28 heavy (non-hydrogen) atoms. The average molecular weight is 373 g/mol. The lowest BCUT2D eigenvalue weighted by molar-refractivity contribution is -0.384. The number of hydrogen-bond acceptors (Lipinski definition) is 6. The van der Waals surface area contributed by atoms with Gasteiger partial charge in [0.15, 0.2) is 17.3 Å². The molecule has 0 spiro atoms. The largest absolute Gasteiger partial charge is 0.372 e. The number of nitro benzene ring substituents is 1. The number of carbonyl (C=O) groups is 1. The number of nitrogens with zero attached hydrogens (tertiary/aromatic N) is 4. The van der Waals surface area contributed by atoms with Gasteiger partial charge in [-0.15, -0.1) is 10.2 Å². The molecule has 0 aliphatic rings. The minimum atomic E-state index is -0.508. The average Bonchev–Trinajstić information content (AvgIpc) is 3.15. The van der Waals surface area contributed by atoms with Crippen molar-refractivity contribution in [3.8, 4) is 0 Å². The first kappa shape index (κ1) is 17.3. The van der Waals surface area contributed by atoms with Gasteiger partial charge in [0.05, 0.1) is 11.5 Å². The van der Waals surface area contributed by atoms with Crippen LogP contribution in [0.3, 0.4) is 0 Å². The third-order valence-corrected chi connectivity index (χ3v) is 4.31. The fourth-order valence-electron chi connectivity index (χ4n) is 2.92. The molecule has 1 N–H and O–H groups in total. The number of carbonyl (C=O) groups excluding carboxylic acids is 1. The summed E-state index contributed by atoms with van der Waals surface area (Å²) in [6.07, 6.45) is 1.82. The number of pyridine rings is 1. The van der Waals surface area contributed by atoms with Crippen molar-refractivity contribution in [1.29, 1.82) is 0 Å². The molecule has 8 nitrogen and oxygen atoms in total. The van der Waals surface area contributed by atoms with Crippen LogP contribution in [0.2, 0.25) is 0 Å². The summed E-state index contributed by atoms with van der Waals surface area (Å²) in [5, 5.41) is 22.7. The molecular formula is C20H15N5O3. The van der Waals surface area contributed by atoms with Gasteiger partial charge in [-0.2, -0.15) is 0 Å². The van der Waals surface area contributed by atoms with Gasteiger partial charge in [-0.25, -0.2) is 0 Å². The van der Waals surface area contributed by atoms with Gasteiger partial charge >= 0.3 is 0 Å². The van der Waals surface area contributed by atoms with Gasteiger partial charge in [0.2, 0.25) is 0 Å². The van der Waals surface area contributed by atoms with E-state index in [1.807, 2.05) is 24.4 Å². The molecule has 138 valence electrons. The maximum Gasteiger partial charge on any atom is 0.293 e. The van der Waals surface area contributed by atoms with E-state index in [1.54, 1.807) is 40.8 Å². The first-order valence-corrected chi connectivity index (χ1v) is 8.54. The monoisotopic (exact) mass is 373 g/mol. The third kappa shape index (κ3) is 3.30. The minimum absolute atomic E-state index is 0.171. The molecule has 0 radical (unpaired) electrons. The molecule has 8 heteroatoms. The number of nitrogens with one attached hydrogen (secondary N) is 1. The van der Waals surface area contributed by atoms with Crippen molar-refractivity contribution in [2.24, 2.45) is 0 Å². The van der Waals surface area contributed by atoms with E-state index < -0.39 is 4.92 Å². The zero-order valence-electron chi connectivity index (χ0n) is 14.6. The van der Waals surface area contributed by atoms with Gasteiger partial charge in [0.25, 0.3) is 5.69 Å². The third-order valence-electron chi connectivity index (χ3n) is 4.31. The fraction of sp³-hybridized carbons (Fsp3) is 0.0500. The summed E-state index contributed by atoms with van der Waals surface area (Å²) in [5.41, 5.74) is 1.57. The Morgan fingerprint density at radius 3 is 2.57 bits per heavy atom. The molecule has 0 atom stereocenters. The minimum Gasteiger partial charge on any atom is -0.372 e. The number of aromatic nitrogens is 3. The molecule has 2 aromatic heterocycles. The number of ketones is 1. The van der Waals surface area contributed by atoms with Crippen molar-refractivity contribution in [1.82, 2.24) is 14.6 Å². The number of anilines is 1. The molecule has 4 aromatic rings. The smallest absolute Gasteiger partial charge is 0.293 e. The van der Waals surface area contributed by atoms with Crippen LogP contribution in [-0.4, -0.2) is 25.3 Å². The molecule has 0 aliphatic carbocycles. The normalized spacial score (nSPS) is 10.7. The molecule has 0 amide bonds. The Balaban J connectivity index is 1.60. The topological polar surface area (TPSA) is 102 Å². The molecule has 2 heterocycles. The molecule has 0 unspecified atom stereocenters. The van der Waals surface area contributed by atoms with Crippen molar-refractivity contribution < 1.29 is 9.72 Å². The van der Waals surface area contributed by atoms with Crippen molar-refractivity contribution in [3.63, 3.8) is 0 Å². The molecule has 4 rings (SSSR count). The van der Waals surface area contributed by atoms with E-state index in [1.165, 1.54) is 12.1 Å². The predicted molar refractivity (Wildman–Crippen MR) is 103 cm³/mol. The quantitative estimate of drug-likeness (QED) is 0.315. The standard InChI is InChI=1S/C20H15N5O3/c26-20(14-6-2-1-3-7-14)15-9-10-16(17(12-15)25(27)28)21-13-19-23-22-18-8-4-5-11-24(18)19/h1-12,21H,13H2. The van der Waals surface area contributed by atoms with E-state index in [-0.39, 0.29) is 23.6 Å². The lowest BCUT2D eigenvalue weighted by atomic mass is 10.0. The molecule has 0 bridgehead atoms. The summed E-state index contributed by atoms with van der Waals surface area (Å²) >= 11 is 0. The Morgan fingerprint density at radius 2 is 1.79 bits per heavy atom. The summed E-state index contributed by atoms with van der Waals surface area (Å²) in [5.74, 6) is 0.355. The van der Waals surface area contributed by atoms with Crippen LogP contribution in [0.15, 0.2) is 72.9 Å². The van der Waals surface area contributed by atoms with Crippen LogP contribution in [0, 0.1) is 10.1 Å². The van der Waals surface area contributed by atoms with Crippen molar-refractivity contribution >= 4 is 22.8 Å². The van der Waals surface area contributed by atoms with Gasteiger partial charge in [0.1, 0.15) is 5.69 Å². The van der Waals surface area contributed by atoms with Gasteiger partial charge in [-0.3, -0.25) is 19.3 Å². The zero-order chi connectivity index (χ0) is 19.5. The highest BCUT2D eigenvalue weighted by molar-refractivity contribution is 6.09. The molecule has 0 aliphatic heterocycles. The van der Waals surface area contributed by atoms with Gasteiger partial charge in [0, 0.05) is 23.4 Å². The second-order valence-electron chi connectivity index (χ2n) is 6.08. The second kappa shape index (κ2) is 7.28. The van der Waals surface area contributed by atoms with Crippen LogP contribution in [-0.2, 0) is 6.54 Å². The van der Waals surface area contributed by atoms with Crippen LogP contribution in [0.25, 0.3) is 5.65 Å². The Kier molecular flexibility index (Phi) is 4.51. The van der Waals surface area contributed by atoms with E-state index in [0.29, 0.717) is 22.7 Å². The van der Waals surface area contributed by atoms with Crippen LogP contribution >= 0.6 is 0 Å². The van der Waals surface area contributed by atoms with Crippen LogP contribution in [0.5, 0.6) is 0 Å². The van der Waals surface area contributed by atoms with Gasteiger partial charge < -0.3 is 5.32 Å². The summed E-state index contributed by atoms with van der Waals surface area (Å²) in [6, 6.07) is 18.6. The van der Waals surface area contributed by atoms with E-state index in [2.05, 4.69) is 15.5 Å². The van der Waals surface area contributed by atoms with E-state index in [0.717, 1.165) is 0 Å². The second-order valence-corrected chi connectivity index (χ2v) is 6.08. The molecule has 0 saturated carbocycles. The number of hydrogen-bond donors (Lipinski definition) is 1. The highest BCUT2D eigenvalue weighted by Gasteiger charge is 2.19. The Hall–Kier alpha value is -4.07. The van der Waals surface area contributed by atoms with Crippen molar-refractivity contribution in [3.05, 3.63) is 100.0 Å². The van der Waals surface area contributed by atoms with Crippen molar-refractivity contribution in [2.45, 2.75) is 6.54 Å². The molecule has 0 saturated heterocycles. The lowest BCUT2D eigenvalue weighted by Gasteiger charge is -2.08. The SMILES string of the molecule is O=C(c1ccccc1)c1ccc(NCc2nnc3ccccn23)c([N+](=O)[O-])c1. The molecular weight excluding hydrogens is 358 g/mol. The summed E-state index contributed by atoms with van der Waals surface area (Å²) in [6.45, 7) is 0.248. The number of fused-ring (bicyclic) bond motifs is 1. The predicted octanol–water partition coefficient (Wildman–Crippen LogP) is 3.48. The van der Waals surface area contributed by atoms with E-state index in [9.17, 15) is 14.9 Å². The first-order valence-electron chi connectivity index (χ1n) is 8.54. The van der Waals surface area contributed by atoms with E-state index in [4.69, 9.17) is 0 Å². The fourth-order valence-corrected chi connectivity index (χ4v) is 2.92. The molecule has 2 aromatic carbocycles. The number of rotatable bonds is 6.